The Labute approximate surface area is 152 Å². The Morgan fingerprint density at radius 1 is 1.12 bits per heavy atom. The Hall–Kier alpha value is -3.22. The van der Waals surface area contributed by atoms with Crippen molar-refractivity contribution in [3.63, 3.8) is 0 Å². The van der Waals surface area contributed by atoms with Crippen molar-refractivity contribution in [2.45, 2.75) is 13.5 Å². The zero-order chi connectivity index (χ0) is 18.5. The Bertz CT molecular complexity index is 933. The van der Waals surface area contributed by atoms with E-state index in [9.17, 15) is 0 Å². The number of ether oxygens (including phenoxy) is 2. The summed E-state index contributed by atoms with van der Waals surface area (Å²) in [5.74, 6) is 2.81. The van der Waals surface area contributed by atoms with Gasteiger partial charge in [-0.15, -0.1) is 0 Å². The van der Waals surface area contributed by atoms with E-state index < -0.39 is 0 Å². The van der Waals surface area contributed by atoms with E-state index in [2.05, 4.69) is 44.7 Å². The summed E-state index contributed by atoms with van der Waals surface area (Å²) in [6.07, 6.45) is 0. The summed E-state index contributed by atoms with van der Waals surface area (Å²) < 4.78 is 10.6. The highest BCUT2D eigenvalue weighted by molar-refractivity contribution is 5.93. The molecule has 7 heteroatoms. The molecule has 2 aromatic carbocycles. The second-order valence-electron chi connectivity index (χ2n) is 5.82. The first-order valence-electron chi connectivity index (χ1n) is 8.28. The number of nitrogens with zero attached hydrogens (tertiary/aromatic N) is 2. The van der Waals surface area contributed by atoms with E-state index in [4.69, 9.17) is 9.47 Å². The molecule has 7 nitrogen and oxygen atoms in total. The normalized spacial score (nSPS) is 11.5. The summed E-state index contributed by atoms with van der Waals surface area (Å²) in [4.78, 5) is 12.1. The summed E-state index contributed by atoms with van der Waals surface area (Å²) in [5.41, 5.74) is 4.03. The molecule has 0 aliphatic heterocycles. The summed E-state index contributed by atoms with van der Waals surface area (Å²) in [5, 5.41) is 6.48. The van der Waals surface area contributed by atoms with Crippen molar-refractivity contribution in [1.82, 2.24) is 15.3 Å². The van der Waals surface area contributed by atoms with Crippen molar-refractivity contribution in [1.29, 1.82) is 0 Å². The zero-order valence-corrected chi connectivity index (χ0v) is 15.4. The monoisotopic (exact) mass is 353 g/mol. The third kappa shape index (κ3) is 3.88. The number of nitrogens with one attached hydrogen (secondary N) is 3. The van der Waals surface area contributed by atoms with Gasteiger partial charge in [0, 0.05) is 18.8 Å². The molecule has 3 N–H and O–H groups in total. The van der Waals surface area contributed by atoms with Crippen LogP contribution in [0.1, 0.15) is 11.4 Å². The van der Waals surface area contributed by atoms with Crippen LogP contribution < -0.4 is 20.1 Å². The second kappa shape index (κ2) is 7.77. The molecule has 1 heterocycles. The number of benzene rings is 2. The predicted molar refractivity (Wildman–Crippen MR) is 104 cm³/mol. The molecule has 0 saturated carbocycles. The summed E-state index contributed by atoms with van der Waals surface area (Å²) >= 11 is 0. The van der Waals surface area contributed by atoms with E-state index in [1.807, 2.05) is 24.3 Å². The number of rotatable bonds is 5. The number of aromatic amines is 1. The molecule has 0 fully saturated rings. The van der Waals surface area contributed by atoms with Crippen LogP contribution in [-0.4, -0.2) is 37.2 Å². The molecule has 1 aromatic heterocycles. The fourth-order valence-electron chi connectivity index (χ4n) is 2.66. The first-order valence-corrected chi connectivity index (χ1v) is 8.28. The zero-order valence-electron chi connectivity index (χ0n) is 15.4. The van der Waals surface area contributed by atoms with Gasteiger partial charge in [0.05, 0.1) is 31.8 Å². The van der Waals surface area contributed by atoms with Crippen molar-refractivity contribution in [3.8, 4) is 11.5 Å². The maximum atomic E-state index is 5.32. The van der Waals surface area contributed by atoms with Crippen molar-refractivity contribution in [2.75, 3.05) is 26.6 Å². The van der Waals surface area contributed by atoms with Crippen LogP contribution in [0, 0.1) is 6.92 Å². The smallest absolute Gasteiger partial charge is 0.195 e. The molecule has 136 valence electrons. The fraction of sp³-hybridized carbons (Fsp3) is 0.263. The molecule has 0 aliphatic rings. The van der Waals surface area contributed by atoms with Gasteiger partial charge < -0.3 is 25.1 Å². The van der Waals surface area contributed by atoms with Crippen LogP contribution in [0.3, 0.4) is 0 Å². The molecule has 0 bridgehead atoms. The van der Waals surface area contributed by atoms with Crippen LogP contribution in [0.15, 0.2) is 41.4 Å². The Kier molecular flexibility index (Phi) is 5.26. The number of fused-ring (bicyclic) bond motifs is 1. The largest absolute Gasteiger partial charge is 0.493 e. The number of anilines is 1. The maximum absolute atomic E-state index is 5.32. The van der Waals surface area contributed by atoms with Crippen molar-refractivity contribution >= 4 is 22.7 Å². The Balaban J connectivity index is 1.67. The topological polar surface area (TPSA) is 83.6 Å². The van der Waals surface area contributed by atoms with Crippen molar-refractivity contribution < 1.29 is 9.47 Å². The van der Waals surface area contributed by atoms with Crippen LogP contribution in [0.25, 0.3) is 11.0 Å². The lowest BCUT2D eigenvalue weighted by Crippen LogP contribution is -2.30. The maximum Gasteiger partial charge on any atom is 0.195 e. The molecule has 3 aromatic rings. The van der Waals surface area contributed by atoms with Crippen LogP contribution >= 0.6 is 0 Å². The van der Waals surface area contributed by atoms with Gasteiger partial charge in [0.15, 0.2) is 17.5 Å². The summed E-state index contributed by atoms with van der Waals surface area (Å²) in [6.45, 7) is 2.59. The third-order valence-corrected chi connectivity index (χ3v) is 3.98. The van der Waals surface area contributed by atoms with Crippen molar-refractivity contribution in [2.24, 2.45) is 4.99 Å². The van der Waals surface area contributed by atoms with E-state index in [0.29, 0.717) is 24.0 Å². The van der Waals surface area contributed by atoms with Crippen LogP contribution in [0.4, 0.5) is 5.69 Å². The summed E-state index contributed by atoms with van der Waals surface area (Å²) in [7, 11) is 4.94. The number of methoxy groups -OCH3 is 2. The molecule has 0 spiro atoms. The standard InChI is InChI=1S/C19H23N5O2/c1-12-5-7-14-15(9-12)24-18(23-14)11-21-19(20-2)22-13-6-8-16(25-3)17(10-13)26-4/h5-10H,11H2,1-4H3,(H,23,24)(H2,20,21,22). The third-order valence-electron chi connectivity index (χ3n) is 3.98. The number of aromatic nitrogens is 2. The Morgan fingerprint density at radius 2 is 1.92 bits per heavy atom. The van der Waals surface area contributed by atoms with E-state index >= 15 is 0 Å². The lowest BCUT2D eigenvalue weighted by molar-refractivity contribution is 0.355. The van der Waals surface area contributed by atoms with Gasteiger partial charge in [-0.2, -0.15) is 0 Å². The second-order valence-corrected chi connectivity index (χ2v) is 5.82. The highest BCUT2D eigenvalue weighted by atomic mass is 16.5. The molecule has 0 amide bonds. The van der Waals surface area contributed by atoms with Gasteiger partial charge >= 0.3 is 0 Å². The minimum Gasteiger partial charge on any atom is -0.493 e. The van der Waals surface area contributed by atoms with Crippen LogP contribution in [0.5, 0.6) is 11.5 Å². The number of hydrogen-bond donors (Lipinski definition) is 3. The lowest BCUT2D eigenvalue weighted by Gasteiger charge is -2.13. The molecule has 0 aliphatic carbocycles. The van der Waals surface area contributed by atoms with Gasteiger partial charge in [-0.05, 0) is 36.8 Å². The fourth-order valence-corrected chi connectivity index (χ4v) is 2.66. The van der Waals surface area contributed by atoms with Gasteiger partial charge in [-0.1, -0.05) is 6.07 Å². The van der Waals surface area contributed by atoms with E-state index in [-0.39, 0.29) is 0 Å². The molecular formula is C19H23N5O2. The average molecular weight is 353 g/mol. The number of imidazole rings is 1. The molecule has 3 rings (SSSR count). The SMILES string of the molecule is CN=C(NCc1nc2ccc(C)cc2[nH]1)Nc1ccc(OC)c(OC)c1. The minimum absolute atomic E-state index is 0.528. The first kappa shape index (κ1) is 17.6. The van der Waals surface area contributed by atoms with Crippen LogP contribution in [0.2, 0.25) is 0 Å². The van der Waals surface area contributed by atoms with E-state index in [1.165, 1.54) is 5.56 Å². The van der Waals surface area contributed by atoms with Crippen molar-refractivity contribution in [3.05, 3.63) is 47.8 Å². The number of guanidine groups is 1. The average Bonchev–Trinajstić information content (AvgIpc) is 3.06. The highest BCUT2D eigenvalue weighted by Gasteiger charge is 2.07. The van der Waals surface area contributed by atoms with E-state index in [0.717, 1.165) is 22.5 Å². The number of hydrogen-bond acceptors (Lipinski definition) is 4. The lowest BCUT2D eigenvalue weighted by atomic mass is 10.2. The molecule has 0 saturated heterocycles. The van der Waals surface area contributed by atoms with Gasteiger partial charge in [-0.25, -0.2) is 4.98 Å². The molecule has 0 unspecified atom stereocenters. The van der Waals surface area contributed by atoms with Crippen LogP contribution in [-0.2, 0) is 6.54 Å². The van der Waals surface area contributed by atoms with E-state index in [1.54, 1.807) is 21.3 Å². The minimum atomic E-state index is 0.528. The summed E-state index contributed by atoms with van der Waals surface area (Å²) in [6, 6.07) is 11.8. The highest BCUT2D eigenvalue weighted by Crippen LogP contribution is 2.29. The number of aliphatic imine (C=N–C) groups is 1. The molecule has 26 heavy (non-hydrogen) atoms. The molecule has 0 radical (unpaired) electrons. The van der Waals surface area contributed by atoms with Gasteiger partial charge in [0.2, 0.25) is 0 Å². The quantitative estimate of drug-likeness (QED) is 0.485. The Morgan fingerprint density at radius 3 is 2.65 bits per heavy atom. The van der Waals surface area contributed by atoms with Gasteiger partial charge in [-0.3, -0.25) is 4.99 Å². The predicted octanol–water partition coefficient (Wildman–Crippen LogP) is 3.08. The number of aryl methyl sites for hydroxylation is 1. The number of H-pyrrole nitrogens is 1. The first-order chi connectivity index (χ1) is 12.6. The molecule has 0 atom stereocenters. The van der Waals surface area contributed by atoms with Gasteiger partial charge in [0.1, 0.15) is 5.82 Å². The van der Waals surface area contributed by atoms with Gasteiger partial charge in [0.25, 0.3) is 0 Å². The molecular weight excluding hydrogens is 330 g/mol.